The molecule has 2 rings (SSSR count). The van der Waals surface area contributed by atoms with Crippen LogP contribution >= 0.6 is 11.3 Å². The molecule has 13 heteroatoms. The normalized spacial score (nSPS) is 18.7. The van der Waals surface area contributed by atoms with Crippen molar-refractivity contribution in [3.63, 3.8) is 0 Å². The summed E-state index contributed by atoms with van der Waals surface area (Å²) in [6.45, 7) is 11.7. The van der Waals surface area contributed by atoms with Gasteiger partial charge in [0, 0.05) is 39.4 Å². The molecular formula is C30H51N5O7S. The van der Waals surface area contributed by atoms with E-state index in [9.17, 15) is 19.2 Å². The number of carbonyl (C=O) groups excluding carboxylic acids is 4. The first kappa shape index (κ1) is 36.4. The van der Waals surface area contributed by atoms with Crippen LogP contribution in [0.25, 0.3) is 0 Å². The van der Waals surface area contributed by atoms with Crippen LogP contribution in [-0.4, -0.2) is 103 Å². The monoisotopic (exact) mass is 625 g/mol. The third-order valence-corrected chi connectivity index (χ3v) is 8.76. The third kappa shape index (κ3) is 10.7. The minimum atomic E-state index is -0.682. The van der Waals surface area contributed by atoms with Crippen molar-refractivity contribution in [1.29, 1.82) is 0 Å². The summed E-state index contributed by atoms with van der Waals surface area (Å²) >= 11 is 1.47. The molecule has 6 atom stereocenters. The second-order valence-electron chi connectivity index (χ2n) is 12.1. The zero-order valence-electron chi connectivity index (χ0n) is 27.2. The van der Waals surface area contributed by atoms with Crippen LogP contribution in [0.2, 0.25) is 0 Å². The van der Waals surface area contributed by atoms with E-state index in [-0.39, 0.29) is 42.6 Å². The molecule has 0 saturated carbocycles. The van der Waals surface area contributed by atoms with Gasteiger partial charge in [-0.2, -0.15) is 0 Å². The zero-order valence-corrected chi connectivity index (χ0v) is 28.0. The van der Waals surface area contributed by atoms with E-state index >= 15 is 0 Å². The Labute approximate surface area is 260 Å². The molecule has 0 bridgehead atoms. The fraction of sp³-hybridized carbons (Fsp3) is 0.767. The maximum Gasteiger partial charge on any atom is 0.408 e. The van der Waals surface area contributed by atoms with E-state index in [4.69, 9.17) is 14.2 Å². The molecule has 1 aliphatic heterocycles. The number of hydrogen-bond donors (Lipinski definition) is 2. The molecular weight excluding hydrogens is 574 g/mol. The summed E-state index contributed by atoms with van der Waals surface area (Å²) in [7, 11) is 4.77. The topological polar surface area (TPSA) is 139 Å². The molecule has 0 spiro atoms. The Bertz CT molecular complexity index is 1050. The van der Waals surface area contributed by atoms with Gasteiger partial charge in [0.15, 0.2) is 0 Å². The molecule has 43 heavy (non-hydrogen) atoms. The van der Waals surface area contributed by atoms with Gasteiger partial charge in [0.25, 0.3) is 0 Å². The highest BCUT2D eigenvalue weighted by atomic mass is 32.1. The molecule has 244 valence electrons. The van der Waals surface area contributed by atoms with Crippen LogP contribution in [0.5, 0.6) is 0 Å². The van der Waals surface area contributed by atoms with Gasteiger partial charge in [0.2, 0.25) is 17.7 Å². The Kier molecular flexibility index (Phi) is 14.3. The lowest BCUT2D eigenvalue weighted by molar-refractivity contribution is -0.145. The SMILES string of the molecule is CCC(C)C(C(CC(=O)N1CCCC1C(OC)C(C)C(=O)NCc1nccs1)OC)N(C)C(=O)CNC(=O)OC(C)(C)C. The van der Waals surface area contributed by atoms with Crippen LogP contribution in [0.15, 0.2) is 11.6 Å². The predicted octanol–water partition coefficient (Wildman–Crippen LogP) is 3.20. The van der Waals surface area contributed by atoms with Gasteiger partial charge in [-0.15, -0.1) is 11.3 Å². The molecule has 1 aromatic rings. The number of thiazole rings is 1. The highest BCUT2D eigenvalue weighted by Crippen LogP contribution is 2.29. The Morgan fingerprint density at radius 3 is 2.42 bits per heavy atom. The number of nitrogens with one attached hydrogen (secondary N) is 2. The van der Waals surface area contributed by atoms with Gasteiger partial charge in [-0.3, -0.25) is 14.4 Å². The van der Waals surface area contributed by atoms with Crippen molar-refractivity contribution in [2.45, 2.75) is 104 Å². The molecule has 0 radical (unpaired) electrons. The van der Waals surface area contributed by atoms with Gasteiger partial charge in [0.1, 0.15) is 17.2 Å². The van der Waals surface area contributed by atoms with E-state index in [2.05, 4.69) is 15.6 Å². The highest BCUT2D eigenvalue weighted by molar-refractivity contribution is 7.09. The lowest BCUT2D eigenvalue weighted by Crippen LogP contribution is -2.54. The number of likely N-dealkylation sites (N-methyl/N-ethyl adjacent to an activating group) is 1. The molecule has 0 aliphatic carbocycles. The largest absolute Gasteiger partial charge is 0.444 e. The number of amides is 4. The number of carbonyl (C=O) groups is 4. The van der Waals surface area contributed by atoms with Crippen molar-refractivity contribution in [2.24, 2.45) is 11.8 Å². The maximum atomic E-state index is 13.8. The lowest BCUT2D eigenvalue weighted by Gasteiger charge is -2.39. The number of rotatable bonds is 15. The molecule has 1 aromatic heterocycles. The number of aromatic nitrogens is 1. The van der Waals surface area contributed by atoms with Crippen LogP contribution in [0, 0.1) is 11.8 Å². The average Bonchev–Trinajstić information content (AvgIpc) is 3.66. The first-order valence-electron chi connectivity index (χ1n) is 15.0. The number of methoxy groups -OCH3 is 2. The van der Waals surface area contributed by atoms with Crippen molar-refractivity contribution in [3.05, 3.63) is 16.6 Å². The molecule has 4 amide bonds. The van der Waals surface area contributed by atoms with Crippen LogP contribution in [-0.2, 0) is 35.1 Å². The molecule has 1 saturated heterocycles. The van der Waals surface area contributed by atoms with Gasteiger partial charge < -0.3 is 34.6 Å². The van der Waals surface area contributed by atoms with E-state index in [0.29, 0.717) is 13.1 Å². The van der Waals surface area contributed by atoms with Crippen LogP contribution in [0.4, 0.5) is 4.79 Å². The number of likely N-dealkylation sites (tertiary alicyclic amines) is 1. The maximum absolute atomic E-state index is 13.8. The van der Waals surface area contributed by atoms with E-state index in [1.807, 2.05) is 26.2 Å². The van der Waals surface area contributed by atoms with Gasteiger partial charge in [-0.1, -0.05) is 27.2 Å². The van der Waals surface area contributed by atoms with Crippen LogP contribution < -0.4 is 10.6 Å². The van der Waals surface area contributed by atoms with Gasteiger partial charge in [-0.05, 0) is 39.5 Å². The summed E-state index contributed by atoms with van der Waals surface area (Å²) in [6, 6.07) is -0.684. The second kappa shape index (κ2) is 16.9. The van der Waals surface area contributed by atoms with Crippen LogP contribution in [0.1, 0.15) is 72.2 Å². The number of alkyl carbamates (subject to hydrolysis) is 1. The molecule has 2 heterocycles. The second-order valence-corrected chi connectivity index (χ2v) is 13.1. The Morgan fingerprint density at radius 1 is 1.16 bits per heavy atom. The smallest absolute Gasteiger partial charge is 0.408 e. The first-order valence-corrected chi connectivity index (χ1v) is 15.9. The van der Waals surface area contributed by atoms with E-state index in [0.717, 1.165) is 24.3 Å². The average molecular weight is 626 g/mol. The molecule has 1 aliphatic rings. The third-order valence-electron chi connectivity index (χ3n) is 7.98. The summed E-state index contributed by atoms with van der Waals surface area (Å²) < 4.78 is 16.9. The number of hydrogen-bond acceptors (Lipinski definition) is 9. The van der Waals surface area contributed by atoms with Crippen molar-refractivity contribution >= 4 is 35.2 Å². The van der Waals surface area contributed by atoms with Gasteiger partial charge >= 0.3 is 6.09 Å². The minimum Gasteiger partial charge on any atom is -0.444 e. The standard InChI is InChI=1S/C30H51N5O7S/c1-10-19(2)26(34(7)25(37)18-33-29(39)42-30(4,5)6)22(40-8)16-24(36)35-14-11-12-21(35)27(41-9)20(3)28(38)32-17-23-31-13-15-43-23/h13,15,19-22,26-27H,10-12,14,16-18H2,1-9H3,(H,32,38)(H,33,39). The minimum absolute atomic E-state index is 0.0101. The number of ether oxygens (including phenoxy) is 3. The fourth-order valence-electron chi connectivity index (χ4n) is 5.58. The van der Waals surface area contributed by atoms with Gasteiger partial charge in [0.05, 0.1) is 43.2 Å². The Balaban J connectivity index is 2.10. The summed E-state index contributed by atoms with van der Waals surface area (Å²) in [6.07, 6.45) is 2.27. The molecule has 2 N–H and O–H groups in total. The highest BCUT2D eigenvalue weighted by Gasteiger charge is 2.42. The van der Waals surface area contributed by atoms with E-state index in [1.165, 1.54) is 11.3 Å². The zero-order chi connectivity index (χ0) is 32.3. The first-order chi connectivity index (χ1) is 20.2. The Hall–Kier alpha value is -2.77. The van der Waals surface area contributed by atoms with Gasteiger partial charge in [-0.25, -0.2) is 9.78 Å². The summed E-state index contributed by atoms with van der Waals surface area (Å²) in [5, 5.41) is 8.12. The predicted molar refractivity (Wildman–Crippen MR) is 164 cm³/mol. The Morgan fingerprint density at radius 2 is 1.86 bits per heavy atom. The summed E-state index contributed by atoms with van der Waals surface area (Å²) in [5.74, 6) is -1.07. The van der Waals surface area contributed by atoms with Crippen molar-refractivity contribution in [3.8, 4) is 0 Å². The van der Waals surface area contributed by atoms with Crippen molar-refractivity contribution < 1.29 is 33.4 Å². The van der Waals surface area contributed by atoms with Crippen molar-refractivity contribution in [2.75, 3.05) is 34.4 Å². The fourth-order valence-corrected chi connectivity index (χ4v) is 6.13. The number of nitrogens with zero attached hydrogens (tertiary/aromatic N) is 3. The summed E-state index contributed by atoms with van der Waals surface area (Å²) in [5.41, 5.74) is -0.682. The summed E-state index contributed by atoms with van der Waals surface area (Å²) in [4.78, 5) is 59.6. The van der Waals surface area contributed by atoms with Crippen molar-refractivity contribution in [1.82, 2.24) is 25.4 Å². The van der Waals surface area contributed by atoms with E-state index < -0.39 is 35.9 Å². The molecule has 6 unspecified atom stereocenters. The quantitative estimate of drug-likeness (QED) is 0.303. The lowest BCUT2D eigenvalue weighted by atomic mass is 9.90. The van der Waals surface area contributed by atoms with Crippen LogP contribution in [0.3, 0.4) is 0 Å². The molecule has 0 aromatic carbocycles. The van der Waals surface area contributed by atoms with E-state index in [1.54, 1.807) is 58.0 Å². The molecule has 12 nitrogen and oxygen atoms in total. The molecule has 1 fully saturated rings.